The number of hydrogen-bond donors (Lipinski definition) is 1. The molecule has 0 radical (unpaired) electrons. The molecule has 1 rings (SSSR count). The average molecular weight is 205 g/mol. The lowest BCUT2D eigenvalue weighted by molar-refractivity contribution is 0.549. The lowest BCUT2D eigenvalue weighted by atomic mass is 10.1. The van der Waals surface area contributed by atoms with Gasteiger partial charge < -0.3 is 5.32 Å². The van der Waals surface area contributed by atoms with E-state index >= 15 is 0 Å². The van der Waals surface area contributed by atoms with Gasteiger partial charge in [0.1, 0.15) is 5.82 Å². The van der Waals surface area contributed by atoms with Crippen molar-refractivity contribution in [3.05, 3.63) is 35.9 Å². The largest absolute Gasteiger partial charge is 0.310 e. The summed E-state index contributed by atoms with van der Waals surface area (Å²) in [5.74, 6) is 0.845. The molecule has 1 unspecified atom stereocenters. The van der Waals surface area contributed by atoms with E-state index in [-0.39, 0.29) is 6.04 Å². The zero-order valence-corrected chi connectivity index (χ0v) is 9.75. The molecule has 3 heteroatoms. The third-order valence-electron chi connectivity index (χ3n) is 2.45. The molecule has 1 atom stereocenters. The van der Waals surface area contributed by atoms with Crippen LogP contribution in [0.5, 0.6) is 0 Å². The summed E-state index contributed by atoms with van der Waals surface area (Å²) < 4.78 is 0. The van der Waals surface area contributed by atoms with Gasteiger partial charge in [0.2, 0.25) is 0 Å². The molecule has 1 aromatic heterocycles. The van der Waals surface area contributed by atoms with Crippen LogP contribution in [0.15, 0.2) is 24.5 Å². The van der Waals surface area contributed by atoms with Crippen LogP contribution in [0.4, 0.5) is 0 Å². The van der Waals surface area contributed by atoms with Crippen molar-refractivity contribution in [1.29, 1.82) is 0 Å². The summed E-state index contributed by atoms with van der Waals surface area (Å²) in [6.07, 6.45) is 5.60. The van der Waals surface area contributed by atoms with E-state index in [2.05, 4.69) is 28.8 Å². The summed E-state index contributed by atoms with van der Waals surface area (Å²) in [4.78, 5) is 8.64. The van der Waals surface area contributed by atoms with Crippen LogP contribution in [0.2, 0.25) is 0 Å². The lowest BCUT2D eigenvalue weighted by Gasteiger charge is -2.15. The van der Waals surface area contributed by atoms with Crippen LogP contribution < -0.4 is 5.32 Å². The molecule has 0 aliphatic rings. The SMILES string of the molecule is C=C(CC)CC(NC)c1ncc(C)cn1. The minimum atomic E-state index is 0.179. The Balaban J connectivity index is 2.74. The van der Waals surface area contributed by atoms with Gasteiger partial charge in [0, 0.05) is 12.4 Å². The summed E-state index contributed by atoms with van der Waals surface area (Å²) in [5, 5.41) is 3.22. The molecule has 82 valence electrons. The third-order valence-corrected chi connectivity index (χ3v) is 2.45. The van der Waals surface area contributed by atoms with Crippen LogP contribution in [0, 0.1) is 6.92 Å². The maximum absolute atomic E-state index is 4.32. The maximum atomic E-state index is 4.32. The summed E-state index contributed by atoms with van der Waals surface area (Å²) >= 11 is 0. The summed E-state index contributed by atoms with van der Waals surface area (Å²) in [6.45, 7) is 8.11. The molecule has 0 bridgehead atoms. The van der Waals surface area contributed by atoms with Crippen molar-refractivity contribution in [1.82, 2.24) is 15.3 Å². The molecule has 0 aliphatic carbocycles. The molecule has 0 saturated carbocycles. The van der Waals surface area contributed by atoms with Gasteiger partial charge in [-0.1, -0.05) is 19.1 Å². The highest BCUT2D eigenvalue weighted by atomic mass is 15.0. The molecule has 0 saturated heterocycles. The Labute approximate surface area is 91.7 Å². The van der Waals surface area contributed by atoms with Crippen molar-refractivity contribution in [3.63, 3.8) is 0 Å². The van der Waals surface area contributed by atoms with E-state index in [0.717, 1.165) is 24.2 Å². The molecule has 0 aliphatic heterocycles. The summed E-state index contributed by atoms with van der Waals surface area (Å²) in [7, 11) is 1.93. The number of aryl methyl sites for hydroxylation is 1. The highest BCUT2D eigenvalue weighted by Crippen LogP contribution is 2.17. The maximum Gasteiger partial charge on any atom is 0.145 e. The topological polar surface area (TPSA) is 37.8 Å². The average Bonchev–Trinajstić information content (AvgIpc) is 2.27. The van der Waals surface area contributed by atoms with Crippen molar-refractivity contribution in [3.8, 4) is 0 Å². The van der Waals surface area contributed by atoms with E-state index in [1.165, 1.54) is 5.57 Å². The Morgan fingerprint density at radius 1 is 1.47 bits per heavy atom. The first-order valence-corrected chi connectivity index (χ1v) is 5.29. The van der Waals surface area contributed by atoms with Gasteiger partial charge in [0.25, 0.3) is 0 Å². The van der Waals surface area contributed by atoms with Crippen LogP contribution in [0.1, 0.15) is 37.2 Å². The quantitative estimate of drug-likeness (QED) is 0.750. The monoisotopic (exact) mass is 205 g/mol. The second-order valence-electron chi connectivity index (χ2n) is 3.77. The van der Waals surface area contributed by atoms with Crippen molar-refractivity contribution >= 4 is 0 Å². The fourth-order valence-electron chi connectivity index (χ4n) is 1.34. The van der Waals surface area contributed by atoms with Crippen molar-refractivity contribution in [2.75, 3.05) is 7.05 Å². The minimum absolute atomic E-state index is 0.179. The zero-order valence-electron chi connectivity index (χ0n) is 9.75. The molecule has 1 N–H and O–H groups in total. The van der Waals surface area contributed by atoms with Crippen LogP contribution in [0.3, 0.4) is 0 Å². The first-order chi connectivity index (χ1) is 7.17. The highest BCUT2D eigenvalue weighted by Gasteiger charge is 2.12. The van der Waals surface area contributed by atoms with Crippen molar-refractivity contribution in [2.24, 2.45) is 0 Å². The highest BCUT2D eigenvalue weighted by molar-refractivity contribution is 5.07. The zero-order chi connectivity index (χ0) is 11.3. The van der Waals surface area contributed by atoms with Crippen LogP contribution in [-0.2, 0) is 0 Å². The fraction of sp³-hybridized carbons (Fsp3) is 0.500. The second kappa shape index (κ2) is 5.61. The summed E-state index contributed by atoms with van der Waals surface area (Å²) in [5.41, 5.74) is 2.31. The minimum Gasteiger partial charge on any atom is -0.310 e. The standard InChI is InChI=1S/C12H19N3/c1-5-9(2)6-11(13-4)12-14-7-10(3)8-15-12/h7-8,11,13H,2,5-6H2,1,3-4H3. The Hall–Kier alpha value is -1.22. The van der Waals surface area contributed by atoms with Gasteiger partial charge in [-0.25, -0.2) is 9.97 Å². The Bertz CT molecular complexity index is 316. The predicted octanol–water partition coefficient (Wildman–Crippen LogP) is 2.40. The van der Waals surface area contributed by atoms with Gasteiger partial charge in [-0.05, 0) is 32.4 Å². The molecule has 15 heavy (non-hydrogen) atoms. The Morgan fingerprint density at radius 2 is 2.07 bits per heavy atom. The Morgan fingerprint density at radius 3 is 2.53 bits per heavy atom. The van der Waals surface area contributed by atoms with Gasteiger partial charge in [-0.3, -0.25) is 0 Å². The smallest absolute Gasteiger partial charge is 0.145 e. The number of nitrogens with one attached hydrogen (secondary N) is 1. The van der Waals surface area contributed by atoms with Gasteiger partial charge in [0.15, 0.2) is 0 Å². The molecular weight excluding hydrogens is 186 g/mol. The van der Waals surface area contributed by atoms with Gasteiger partial charge >= 0.3 is 0 Å². The van der Waals surface area contributed by atoms with Crippen LogP contribution in [0.25, 0.3) is 0 Å². The molecule has 0 spiro atoms. The molecule has 0 amide bonds. The van der Waals surface area contributed by atoms with Crippen molar-refractivity contribution in [2.45, 2.75) is 32.7 Å². The second-order valence-corrected chi connectivity index (χ2v) is 3.77. The molecule has 1 heterocycles. The molecule has 0 aromatic carbocycles. The Kier molecular flexibility index (Phi) is 4.43. The number of rotatable bonds is 5. The number of hydrogen-bond acceptors (Lipinski definition) is 3. The van der Waals surface area contributed by atoms with E-state index in [9.17, 15) is 0 Å². The first kappa shape index (κ1) is 11.9. The normalized spacial score (nSPS) is 12.5. The van der Waals surface area contributed by atoms with Crippen LogP contribution >= 0.6 is 0 Å². The fourth-order valence-corrected chi connectivity index (χ4v) is 1.34. The predicted molar refractivity (Wildman–Crippen MR) is 62.6 cm³/mol. The van der Waals surface area contributed by atoms with Crippen molar-refractivity contribution < 1.29 is 0 Å². The number of aromatic nitrogens is 2. The van der Waals surface area contributed by atoms with E-state index in [1.54, 1.807) is 0 Å². The molecule has 1 aromatic rings. The van der Waals surface area contributed by atoms with E-state index in [0.29, 0.717) is 0 Å². The van der Waals surface area contributed by atoms with Gasteiger partial charge in [0.05, 0.1) is 6.04 Å². The van der Waals surface area contributed by atoms with E-state index in [1.807, 2.05) is 26.4 Å². The number of nitrogens with zero attached hydrogens (tertiary/aromatic N) is 2. The lowest BCUT2D eigenvalue weighted by Crippen LogP contribution is -2.19. The van der Waals surface area contributed by atoms with Gasteiger partial charge in [-0.2, -0.15) is 0 Å². The van der Waals surface area contributed by atoms with E-state index < -0.39 is 0 Å². The van der Waals surface area contributed by atoms with Gasteiger partial charge in [-0.15, -0.1) is 0 Å². The first-order valence-electron chi connectivity index (χ1n) is 5.29. The molecule has 3 nitrogen and oxygen atoms in total. The summed E-state index contributed by atoms with van der Waals surface area (Å²) in [6, 6.07) is 0.179. The molecule has 0 fully saturated rings. The van der Waals surface area contributed by atoms with Crippen LogP contribution in [-0.4, -0.2) is 17.0 Å². The molecular formula is C12H19N3. The third kappa shape index (κ3) is 3.44. The van der Waals surface area contributed by atoms with E-state index in [4.69, 9.17) is 0 Å².